The van der Waals surface area contributed by atoms with Crippen LogP contribution in [0.15, 0.2) is 140 Å². The molecular weight excluding hydrogens is 508 g/mol. The zero-order valence-electron chi connectivity index (χ0n) is 24.2. The second-order valence-corrected chi connectivity index (χ2v) is 12.3. The molecule has 0 saturated carbocycles. The zero-order valence-corrected chi connectivity index (χ0v) is 24.2. The van der Waals surface area contributed by atoms with Gasteiger partial charge in [0.2, 0.25) is 0 Å². The summed E-state index contributed by atoms with van der Waals surface area (Å²) in [4.78, 5) is 0. The standard InChI is InChI=1S/C40H32N2/c1-40(2,3)29-14-12-13-27(23-29)28-24-30(41-36-19-8-4-15-32(36)33-16-5-9-20-37(33)41)26-31(25-28)42-38-21-10-6-17-34(38)35-18-7-11-22-39(35)42/h4-26H,1-3H3. The molecule has 8 rings (SSSR count). The Hall–Kier alpha value is -5.08. The molecule has 0 bridgehead atoms. The van der Waals surface area contributed by atoms with Crippen LogP contribution in [0, 0.1) is 0 Å². The Bertz CT molecular complexity index is 2050. The van der Waals surface area contributed by atoms with Gasteiger partial charge in [0, 0.05) is 32.9 Å². The van der Waals surface area contributed by atoms with Crippen LogP contribution in [0.4, 0.5) is 0 Å². The summed E-state index contributed by atoms with van der Waals surface area (Å²) in [6, 6.07) is 51.1. The Labute approximate surface area is 246 Å². The maximum atomic E-state index is 2.43. The molecule has 0 aliphatic rings. The molecule has 0 radical (unpaired) electrons. The number of hydrogen-bond donors (Lipinski definition) is 0. The molecule has 202 valence electrons. The molecule has 0 spiro atoms. The maximum absolute atomic E-state index is 2.43. The lowest BCUT2D eigenvalue weighted by atomic mass is 9.85. The molecule has 6 aromatic carbocycles. The molecule has 0 aliphatic heterocycles. The van der Waals surface area contributed by atoms with Crippen molar-refractivity contribution in [1.82, 2.24) is 9.13 Å². The van der Waals surface area contributed by atoms with Crippen LogP contribution in [-0.4, -0.2) is 9.13 Å². The number of para-hydroxylation sites is 4. The fourth-order valence-electron chi connectivity index (χ4n) is 6.59. The van der Waals surface area contributed by atoms with Gasteiger partial charge in [0.1, 0.15) is 0 Å². The molecule has 2 aromatic heterocycles. The van der Waals surface area contributed by atoms with Crippen molar-refractivity contribution in [1.29, 1.82) is 0 Å². The highest BCUT2D eigenvalue weighted by atomic mass is 15.0. The van der Waals surface area contributed by atoms with Crippen LogP contribution in [-0.2, 0) is 5.41 Å². The van der Waals surface area contributed by atoms with Crippen molar-refractivity contribution < 1.29 is 0 Å². The highest BCUT2D eigenvalue weighted by Gasteiger charge is 2.18. The van der Waals surface area contributed by atoms with E-state index in [2.05, 4.69) is 169 Å². The zero-order chi connectivity index (χ0) is 28.4. The average molecular weight is 541 g/mol. The largest absolute Gasteiger partial charge is 0.309 e. The normalized spacial score (nSPS) is 12.2. The Morgan fingerprint density at radius 1 is 0.381 bits per heavy atom. The Balaban J connectivity index is 1.49. The quantitative estimate of drug-likeness (QED) is 0.211. The minimum atomic E-state index is 0.0656. The van der Waals surface area contributed by atoms with Crippen molar-refractivity contribution in [3.63, 3.8) is 0 Å². The van der Waals surface area contributed by atoms with Gasteiger partial charge in [-0.3, -0.25) is 0 Å². The van der Waals surface area contributed by atoms with E-state index >= 15 is 0 Å². The Morgan fingerprint density at radius 2 is 0.786 bits per heavy atom. The smallest absolute Gasteiger partial charge is 0.0541 e. The van der Waals surface area contributed by atoms with Crippen LogP contribution < -0.4 is 0 Å². The van der Waals surface area contributed by atoms with Gasteiger partial charge in [-0.2, -0.15) is 0 Å². The Morgan fingerprint density at radius 3 is 1.19 bits per heavy atom. The van der Waals surface area contributed by atoms with E-state index in [1.165, 1.54) is 60.3 Å². The molecule has 0 aliphatic carbocycles. The molecule has 0 saturated heterocycles. The molecule has 0 N–H and O–H groups in total. The number of benzene rings is 6. The van der Waals surface area contributed by atoms with Gasteiger partial charge in [-0.1, -0.05) is 118 Å². The van der Waals surface area contributed by atoms with Gasteiger partial charge in [0.25, 0.3) is 0 Å². The van der Waals surface area contributed by atoms with E-state index < -0.39 is 0 Å². The Kier molecular flexibility index (Phi) is 5.42. The summed E-state index contributed by atoms with van der Waals surface area (Å²) in [6.07, 6.45) is 0. The third-order valence-corrected chi connectivity index (χ3v) is 8.64. The van der Waals surface area contributed by atoms with Crippen molar-refractivity contribution in [2.45, 2.75) is 26.2 Å². The highest BCUT2D eigenvalue weighted by molar-refractivity contribution is 6.10. The maximum Gasteiger partial charge on any atom is 0.0541 e. The van der Waals surface area contributed by atoms with Crippen molar-refractivity contribution in [2.75, 3.05) is 0 Å². The first-order valence-corrected chi connectivity index (χ1v) is 14.7. The summed E-state index contributed by atoms with van der Waals surface area (Å²) in [5, 5.41) is 5.08. The van der Waals surface area contributed by atoms with Gasteiger partial charge in [-0.05, 0) is 64.6 Å². The summed E-state index contributed by atoms with van der Waals surface area (Å²) >= 11 is 0. The molecule has 0 unspecified atom stereocenters. The number of nitrogens with zero attached hydrogens (tertiary/aromatic N) is 2. The van der Waals surface area contributed by atoms with Crippen molar-refractivity contribution in [2.24, 2.45) is 0 Å². The molecule has 8 aromatic rings. The second kappa shape index (κ2) is 9.22. The van der Waals surface area contributed by atoms with Crippen LogP contribution in [0.5, 0.6) is 0 Å². The summed E-state index contributed by atoms with van der Waals surface area (Å²) in [5.41, 5.74) is 11.0. The van der Waals surface area contributed by atoms with Gasteiger partial charge in [-0.25, -0.2) is 0 Å². The topological polar surface area (TPSA) is 9.86 Å². The molecular formula is C40H32N2. The fourth-order valence-corrected chi connectivity index (χ4v) is 6.59. The minimum absolute atomic E-state index is 0.0656. The van der Waals surface area contributed by atoms with Crippen LogP contribution in [0.1, 0.15) is 26.3 Å². The average Bonchev–Trinajstić information content (AvgIpc) is 3.54. The first kappa shape index (κ1) is 24.7. The molecule has 42 heavy (non-hydrogen) atoms. The van der Waals surface area contributed by atoms with E-state index in [-0.39, 0.29) is 5.41 Å². The predicted octanol–water partition coefficient (Wildman–Crippen LogP) is 10.8. The van der Waals surface area contributed by atoms with Gasteiger partial charge in [0.15, 0.2) is 0 Å². The van der Waals surface area contributed by atoms with Gasteiger partial charge in [0.05, 0.1) is 22.1 Å². The first-order valence-electron chi connectivity index (χ1n) is 14.7. The predicted molar refractivity (Wildman–Crippen MR) is 179 cm³/mol. The summed E-state index contributed by atoms with van der Waals surface area (Å²) in [6.45, 7) is 6.85. The van der Waals surface area contributed by atoms with Crippen LogP contribution >= 0.6 is 0 Å². The molecule has 0 amide bonds. The van der Waals surface area contributed by atoms with Crippen molar-refractivity contribution in [3.05, 3.63) is 145 Å². The number of rotatable bonds is 3. The second-order valence-electron chi connectivity index (χ2n) is 12.3. The lowest BCUT2D eigenvalue weighted by molar-refractivity contribution is 0.590. The van der Waals surface area contributed by atoms with Gasteiger partial charge in [-0.15, -0.1) is 0 Å². The van der Waals surface area contributed by atoms with Crippen molar-refractivity contribution in [3.8, 4) is 22.5 Å². The monoisotopic (exact) mass is 540 g/mol. The molecule has 0 fully saturated rings. The third kappa shape index (κ3) is 3.79. The summed E-state index contributed by atoms with van der Waals surface area (Å²) < 4.78 is 4.86. The van der Waals surface area contributed by atoms with E-state index in [9.17, 15) is 0 Å². The summed E-state index contributed by atoms with van der Waals surface area (Å²) in [7, 11) is 0. The van der Waals surface area contributed by atoms with E-state index in [0.717, 1.165) is 11.4 Å². The number of aromatic nitrogens is 2. The van der Waals surface area contributed by atoms with E-state index in [4.69, 9.17) is 0 Å². The van der Waals surface area contributed by atoms with E-state index in [0.29, 0.717) is 0 Å². The van der Waals surface area contributed by atoms with Crippen LogP contribution in [0.3, 0.4) is 0 Å². The fraction of sp³-hybridized carbons (Fsp3) is 0.100. The molecule has 2 heteroatoms. The number of hydrogen-bond acceptors (Lipinski definition) is 0. The van der Waals surface area contributed by atoms with Gasteiger partial charge < -0.3 is 9.13 Å². The molecule has 2 nitrogen and oxygen atoms in total. The minimum Gasteiger partial charge on any atom is -0.309 e. The van der Waals surface area contributed by atoms with Gasteiger partial charge >= 0.3 is 0 Å². The highest BCUT2D eigenvalue weighted by Crippen LogP contribution is 2.38. The SMILES string of the molecule is CC(C)(C)c1cccc(-c2cc(-n3c4ccccc4c4ccccc43)cc(-n3c4ccccc4c4ccccc43)c2)c1. The number of fused-ring (bicyclic) bond motifs is 6. The molecule has 0 atom stereocenters. The van der Waals surface area contributed by atoms with Crippen LogP contribution in [0.25, 0.3) is 66.1 Å². The summed E-state index contributed by atoms with van der Waals surface area (Å²) in [5.74, 6) is 0. The lowest BCUT2D eigenvalue weighted by Gasteiger charge is -2.20. The van der Waals surface area contributed by atoms with E-state index in [1.54, 1.807) is 0 Å². The first-order chi connectivity index (χ1) is 20.5. The molecule has 2 heterocycles. The lowest BCUT2D eigenvalue weighted by Crippen LogP contribution is -2.10. The van der Waals surface area contributed by atoms with Crippen LogP contribution in [0.2, 0.25) is 0 Å². The van der Waals surface area contributed by atoms with Crippen molar-refractivity contribution >= 4 is 43.6 Å². The third-order valence-electron chi connectivity index (χ3n) is 8.64. The van der Waals surface area contributed by atoms with E-state index in [1.807, 2.05) is 0 Å².